The van der Waals surface area contributed by atoms with Gasteiger partial charge in [-0.1, -0.05) is 6.92 Å². The molecule has 2 amide bonds. The zero-order chi connectivity index (χ0) is 16.8. The van der Waals surface area contributed by atoms with Crippen molar-refractivity contribution in [3.05, 3.63) is 29.8 Å². The minimum atomic E-state index is 0.0203. The SMILES string of the molecule is CCC(=O)N1CCCN(C(=O)c2ccc(OC(C)C)cc2)CC1. The van der Waals surface area contributed by atoms with Crippen LogP contribution in [0.3, 0.4) is 0 Å². The van der Waals surface area contributed by atoms with E-state index in [1.54, 1.807) is 12.1 Å². The lowest BCUT2D eigenvalue weighted by molar-refractivity contribution is -0.130. The molecule has 1 fully saturated rings. The first-order chi connectivity index (χ1) is 11.0. The second kappa shape index (κ2) is 7.99. The van der Waals surface area contributed by atoms with Gasteiger partial charge < -0.3 is 14.5 Å². The molecule has 5 heteroatoms. The zero-order valence-electron chi connectivity index (χ0n) is 14.2. The molecule has 23 heavy (non-hydrogen) atoms. The molecule has 2 rings (SSSR count). The maximum absolute atomic E-state index is 12.6. The number of amides is 2. The fourth-order valence-electron chi connectivity index (χ4n) is 2.72. The van der Waals surface area contributed by atoms with Crippen LogP contribution in [0, 0.1) is 0 Å². The third-order valence-electron chi connectivity index (χ3n) is 3.91. The number of carbonyl (C=O) groups is 2. The predicted molar refractivity (Wildman–Crippen MR) is 89.6 cm³/mol. The molecule has 0 N–H and O–H groups in total. The number of ether oxygens (including phenoxy) is 1. The molecule has 0 saturated carbocycles. The van der Waals surface area contributed by atoms with Gasteiger partial charge in [-0.05, 0) is 44.5 Å². The van der Waals surface area contributed by atoms with Gasteiger partial charge >= 0.3 is 0 Å². The summed E-state index contributed by atoms with van der Waals surface area (Å²) in [6, 6.07) is 7.27. The zero-order valence-corrected chi connectivity index (χ0v) is 14.2. The molecule has 0 bridgehead atoms. The van der Waals surface area contributed by atoms with E-state index in [0.717, 1.165) is 18.7 Å². The molecule has 0 atom stereocenters. The smallest absolute Gasteiger partial charge is 0.253 e. The van der Waals surface area contributed by atoms with Gasteiger partial charge in [0.2, 0.25) is 5.91 Å². The Morgan fingerprint density at radius 3 is 2.26 bits per heavy atom. The van der Waals surface area contributed by atoms with Crippen LogP contribution < -0.4 is 4.74 Å². The van der Waals surface area contributed by atoms with Crippen LogP contribution in [-0.2, 0) is 4.79 Å². The lowest BCUT2D eigenvalue weighted by Crippen LogP contribution is -2.37. The largest absolute Gasteiger partial charge is 0.491 e. The number of hydrogen-bond acceptors (Lipinski definition) is 3. The van der Waals surface area contributed by atoms with Crippen LogP contribution in [0.4, 0.5) is 0 Å². The standard InChI is InChI=1S/C18H26N2O3/c1-4-17(21)19-10-5-11-20(13-12-19)18(22)15-6-8-16(9-7-15)23-14(2)3/h6-9,14H,4-5,10-13H2,1-3H3. The molecular weight excluding hydrogens is 292 g/mol. The van der Waals surface area contributed by atoms with Crippen LogP contribution >= 0.6 is 0 Å². The Bertz CT molecular complexity index is 540. The molecule has 1 aromatic rings. The fraction of sp³-hybridized carbons (Fsp3) is 0.556. The molecule has 0 aliphatic carbocycles. The van der Waals surface area contributed by atoms with Gasteiger partial charge in [-0.25, -0.2) is 0 Å². The molecule has 1 aromatic carbocycles. The fourth-order valence-corrected chi connectivity index (χ4v) is 2.72. The molecule has 1 aliphatic heterocycles. The maximum atomic E-state index is 12.6. The summed E-state index contributed by atoms with van der Waals surface area (Å²) in [5.41, 5.74) is 0.663. The molecular formula is C18H26N2O3. The Labute approximate surface area is 138 Å². The Hall–Kier alpha value is -2.04. The monoisotopic (exact) mass is 318 g/mol. The number of nitrogens with zero attached hydrogens (tertiary/aromatic N) is 2. The molecule has 0 unspecified atom stereocenters. The van der Waals surface area contributed by atoms with E-state index in [4.69, 9.17) is 4.74 Å². The predicted octanol–water partition coefficient (Wildman–Crippen LogP) is 2.56. The van der Waals surface area contributed by atoms with Crippen molar-refractivity contribution in [2.45, 2.75) is 39.7 Å². The van der Waals surface area contributed by atoms with Crippen molar-refractivity contribution in [3.8, 4) is 5.75 Å². The summed E-state index contributed by atoms with van der Waals surface area (Å²) in [5.74, 6) is 0.952. The van der Waals surface area contributed by atoms with Crippen molar-refractivity contribution in [2.24, 2.45) is 0 Å². The van der Waals surface area contributed by atoms with Crippen LogP contribution in [0.25, 0.3) is 0 Å². The highest BCUT2D eigenvalue weighted by Crippen LogP contribution is 2.16. The molecule has 0 aromatic heterocycles. The molecule has 1 heterocycles. The molecule has 5 nitrogen and oxygen atoms in total. The first-order valence-corrected chi connectivity index (χ1v) is 8.35. The van der Waals surface area contributed by atoms with Crippen molar-refractivity contribution < 1.29 is 14.3 Å². The van der Waals surface area contributed by atoms with E-state index in [1.807, 2.05) is 42.7 Å². The summed E-state index contributed by atoms with van der Waals surface area (Å²) >= 11 is 0. The van der Waals surface area contributed by atoms with Gasteiger partial charge in [-0.2, -0.15) is 0 Å². The van der Waals surface area contributed by atoms with E-state index >= 15 is 0 Å². The molecule has 1 aliphatic rings. The third kappa shape index (κ3) is 4.71. The highest BCUT2D eigenvalue weighted by atomic mass is 16.5. The highest BCUT2D eigenvalue weighted by Gasteiger charge is 2.22. The Balaban J connectivity index is 1.98. The second-order valence-electron chi connectivity index (χ2n) is 6.07. The van der Waals surface area contributed by atoms with Gasteiger partial charge in [-0.15, -0.1) is 0 Å². The van der Waals surface area contributed by atoms with Crippen molar-refractivity contribution >= 4 is 11.8 Å². The maximum Gasteiger partial charge on any atom is 0.253 e. The van der Waals surface area contributed by atoms with Gasteiger partial charge in [0.05, 0.1) is 6.10 Å². The van der Waals surface area contributed by atoms with Crippen molar-refractivity contribution in [2.75, 3.05) is 26.2 Å². The number of hydrogen-bond donors (Lipinski definition) is 0. The van der Waals surface area contributed by atoms with Crippen LogP contribution in [-0.4, -0.2) is 53.9 Å². The van der Waals surface area contributed by atoms with Crippen molar-refractivity contribution in [1.82, 2.24) is 9.80 Å². The Morgan fingerprint density at radius 2 is 1.65 bits per heavy atom. The summed E-state index contributed by atoms with van der Waals surface area (Å²) in [5, 5.41) is 0. The number of rotatable bonds is 4. The summed E-state index contributed by atoms with van der Waals surface area (Å²) in [6.45, 7) is 8.45. The van der Waals surface area contributed by atoms with E-state index in [1.165, 1.54) is 0 Å². The Kier molecular flexibility index (Phi) is 6.02. The molecule has 0 spiro atoms. The van der Waals surface area contributed by atoms with Gasteiger partial charge in [0, 0.05) is 38.2 Å². The first-order valence-electron chi connectivity index (χ1n) is 8.35. The van der Waals surface area contributed by atoms with E-state index in [-0.39, 0.29) is 17.9 Å². The first kappa shape index (κ1) is 17.3. The van der Waals surface area contributed by atoms with Crippen LogP contribution in [0.2, 0.25) is 0 Å². The molecule has 126 valence electrons. The minimum absolute atomic E-state index is 0.0203. The lowest BCUT2D eigenvalue weighted by Gasteiger charge is -2.22. The second-order valence-corrected chi connectivity index (χ2v) is 6.07. The lowest BCUT2D eigenvalue weighted by atomic mass is 10.2. The highest BCUT2D eigenvalue weighted by molar-refractivity contribution is 5.94. The minimum Gasteiger partial charge on any atom is -0.491 e. The van der Waals surface area contributed by atoms with Crippen molar-refractivity contribution in [3.63, 3.8) is 0 Å². The normalized spacial score (nSPS) is 15.5. The van der Waals surface area contributed by atoms with E-state index < -0.39 is 0 Å². The van der Waals surface area contributed by atoms with Gasteiger partial charge in [0.15, 0.2) is 0 Å². The third-order valence-corrected chi connectivity index (χ3v) is 3.91. The summed E-state index contributed by atoms with van der Waals surface area (Å²) in [6.07, 6.45) is 1.46. The summed E-state index contributed by atoms with van der Waals surface area (Å²) < 4.78 is 5.60. The van der Waals surface area contributed by atoms with Crippen LogP contribution in [0.15, 0.2) is 24.3 Å². The Morgan fingerprint density at radius 1 is 1.04 bits per heavy atom. The van der Waals surface area contributed by atoms with Crippen molar-refractivity contribution in [1.29, 1.82) is 0 Å². The van der Waals surface area contributed by atoms with Gasteiger partial charge in [0.1, 0.15) is 5.75 Å². The topological polar surface area (TPSA) is 49.9 Å². The summed E-state index contributed by atoms with van der Waals surface area (Å²) in [7, 11) is 0. The van der Waals surface area contributed by atoms with E-state index in [0.29, 0.717) is 31.6 Å². The number of benzene rings is 1. The quantitative estimate of drug-likeness (QED) is 0.857. The average molecular weight is 318 g/mol. The van der Waals surface area contributed by atoms with Crippen LogP contribution in [0.1, 0.15) is 44.0 Å². The van der Waals surface area contributed by atoms with Crippen LogP contribution in [0.5, 0.6) is 5.75 Å². The van der Waals surface area contributed by atoms with Gasteiger partial charge in [-0.3, -0.25) is 9.59 Å². The number of carbonyl (C=O) groups excluding carboxylic acids is 2. The summed E-state index contributed by atoms with van der Waals surface area (Å²) in [4.78, 5) is 28.1. The molecule has 0 radical (unpaired) electrons. The van der Waals surface area contributed by atoms with E-state index in [2.05, 4.69) is 0 Å². The van der Waals surface area contributed by atoms with E-state index in [9.17, 15) is 9.59 Å². The van der Waals surface area contributed by atoms with Gasteiger partial charge in [0.25, 0.3) is 5.91 Å². The molecule has 1 saturated heterocycles. The average Bonchev–Trinajstić information content (AvgIpc) is 2.79.